The number of amides is 1. The van der Waals surface area contributed by atoms with E-state index in [1.807, 2.05) is 0 Å². The van der Waals surface area contributed by atoms with Crippen LogP contribution in [-0.4, -0.2) is 42.0 Å². The van der Waals surface area contributed by atoms with Crippen molar-refractivity contribution in [2.45, 2.75) is 64.0 Å². The van der Waals surface area contributed by atoms with Gasteiger partial charge in [0.15, 0.2) is 0 Å². The van der Waals surface area contributed by atoms with Gasteiger partial charge in [-0.3, -0.25) is 9.69 Å². The van der Waals surface area contributed by atoms with Crippen LogP contribution in [0.15, 0.2) is 0 Å². The molecule has 110 valence electrons. The topological polar surface area (TPSA) is 58.4 Å². The number of hydrogen-bond donors (Lipinski definition) is 2. The maximum absolute atomic E-state index is 12.0. The number of likely N-dealkylation sites (tertiary alicyclic amines) is 1. The van der Waals surface area contributed by atoms with Crippen LogP contribution in [0.5, 0.6) is 0 Å². The molecular formula is C15H29N3O. The summed E-state index contributed by atoms with van der Waals surface area (Å²) in [5, 5.41) is 3.10. The zero-order valence-corrected chi connectivity index (χ0v) is 12.5. The third kappa shape index (κ3) is 3.93. The average Bonchev–Trinajstić information content (AvgIpc) is 2.80. The maximum atomic E-state index is 12.0. The molecule has 0 bridgehead atoms. The van der Waals surface area contributed by atoms with Gasteiger partial charge in [0.1, 0.15) is 0 Å². The van der Waals surface area contributed by atoms with E-state index in [2.05, 4.69) is 24.1 Å². The van der Waals surface area contributed by atoms with Gasteiger partial charge in [-0.2, -0.15) is 0 Å². The Morgan fingerprint density at radius 3 is 2.37 bits per heavy atom. The van der Waals surface area contributed by atoms with Crippen molar-refractivity contribution >= 4 is 5.91 Å². The second kappa shape index (κ2) is 6.23. The van der Waals surface area contributed by atoms with Gasteiger partial charge in [0.05, 0.1) is 0 Å². The lowest BCUT2D eigenvalue weighted by Crippen LogP contribution is -2.51. The van der Waals surface area contributed by atoms with Crippen LogP contribution < -0.4 is 11.1 Å². The van der Waals surface area contributed by atoms with Gasteiger partial charge >= 0.3 is 0 Å². The van der Waals surface area contributed by atoms with Crippen molar-refractivity contribution in [2.24, 2.45) is 11.7 Å². The summed E-state index contributed by atoms with van der Waals surface area (Å²) in [6, 6.07) is 0.474. The molecule has 2 rings (SSSR count). The lowest BCUT2D eigenvalue weighted by Gasteiger charge is -2.38. The van der Waals surface area contributed by atoms with Crippen molar-refractivity contribution < 1.29 is 4.79 Å². The number of carbonyl (C=O) groups is 1. The summed E-state index contributed by atoms with van der Waals surface area (Å²) in [6.07, 6.45) is 6.26. The molecule has 2 aliphatic rings. The summed E-state index contributed by atoms with van der Waals surface area (Å²) in [6.45, 7) is 7.61. The van der Waals surface area contributed by atoms with Gasteiger partial charge in [-0.15, -0.1) is 0 Å². The zero-order chi connectivity index (χ0) is 13.9. The first-order valence-corrected chi connectivity index (χ1v) is 7.80. The Hall–Kier alpha value is -0.610. The van der Waals surface area contributed by atoms with Crippen molar-refractivity contribution in [2.75, 3.05) is 19.6 Å². The average molecular weight is 267 g/mol. The molecule has 1 saturated carbocycles. The van der Waals surface area contributed by atoms with Gasteiger partial charge in [-0.25, -0.2) is 0 Å². The minimum absolute atomic E-state index is 0.132. The van der Waals surface area contributed by atoms with Crippen molar-refractivity contribution in [3.63, 3.8) is 0 Å². The van der Waals surface area contributed by atoms with Gasteiger partial charge < -0.3 is 11.1 Å². The van der Waals surface area contributed by atoms with Gasteiger partial charge in [0.25, 0.3) is 0 Å². The van der Waals surface area contributed by atoms with E-state index in [0.29, 0.717) is 18.4 Å². The number of carbonyl (C=O) groups excluding carboxylic acids is 1. The van der Waals surface area contributed by atoms with E-state index >= 15 is 0 Å². The fraction of sp³-hybridized carbons (Fsp3) is 0.933. The highest BCUT2D eigenvalue weighted by Crippen LogP contribution is 2.31. The molecule has 3 N–H and O–H groups in total. The molecule has 0 aromatic rings. The van der Waals surface area contributed by atoms with Crippen LogP contribution >= 0.6 is 0 Å². The maximum Gasteiger partial charge on any atom is 0.221 e. The normalized spacial score (nSPS) is 24.2. The molecule has 1 unspecified atom stereocenters. The van der Waals surface area contributed by atoms with Crippen molar-refractivity contribution in [1.29, 1.82) is 0 Å². The molecule has 2 fully saturated rings. The molecule has 1 atom stereocenters. The molecule has 1 amide bonds. The lowest BCUT2D eigenvalue weighted by molar-refractivity contribution is -0.123. The van der Waals surface area contributed by atoms with Crippen LogP contribution in [0.2, 0.25) is 0 Å². The lowest BCUT2D eigenvalue weighted by atomic mass is 9.75. The molecule has 4 heteroatoms. The van der Waals surface area contributed by atoms with Gasteiger partial charge in [0, 0.05) is 24.5 Å². The highest BCUT2D eigenvalue weighted by molar-refractivity contribution is 5.77. The molecule has 0 radical (unpaired) electrons. The Morgan fingerprint density at radius 1 is 1.26 bits per heavy atom. The van der Waals surface area contributed by atoms with Gasteiger partial charge in [0.2, 0.25) is 5.91 Å². The van der Waals surface area contributed by atoms with Crippen LogP contribution in [0, 0.1) is 5.92 Å². The molecule has 1 aliphatic heterocycles. The van der Waals surface area contributed by atoms with Crippen LogP contribution in [0.25, 0.3) is 0 Å². The van der Waals surface area contributed by atoms with E-state index in [-0.39, 0.29) is 11.4 Å². The highest BCUT2D eigenvalue weighted by atomic mass is 16.1. The fourth-order valence-electron chi connectivity index (χ4n) is 3.27. The predicted octanol–water partition coefficient (Wildman–Crippen LogP) is 1.49. The van der Waals surface area contributed by atoms with E-state index in [4.69, 9.17) is 5.73 Å². The number of nitrogens with zero attached hydrogens (tertiary/aromatic N) is 1. The summed E-state index contributed by atoms with van der Waals surface area (Å²) in [5.74, 6) is 0.709. The highest BCUT2D eigenvalue weighted by Gasteiger charge is 2.35. The molecular weight excluding hydrogens is 238 g/mol. The first-order chi connectivity index (χ1) is 9.00. The van der Waals surface area contributed by atoms with Crippen LogP contribution in [0.1, 0.15) is 52.4 Å². The van der Waals surface area contributed by atoms with Crippen molar-refractivity contribution in [1.82, 2.24) is 10.2 Å². The molecule has 0 aromatic heterocycles. The van der Waals surface area contributed by atoms with E-state index in [9.17, 15) is 4.79 Å². The van der Waals surface area contributed by atoms with Crippen LogP contribution in [0.3, 0.4) is 0 Å². The number of rotatable bonds is 6. The SMILES string of the molecule is CC(C)C(CNC(=O)CC1(N)CCC1)N1CCCC1. The third-order valence-electron chi connectivity index (χ3n) is 4.75. The molecule has 0 spiro atoms. The second-order valence-corrected chi connectivity index (χ2v) is 6.75. The second-order valence-electron chi connectivity index (χ2n) is 6.75. The molecule has 1 saturated heterocycles. The third-order valence-corrected chi connectivity index (χ3v) is 4.75. The Bertz CT molecular complexity index is 307. The number of hydrogen-bond acceptors (Lipinski definition) is 3. The fourth-order valence-corrected chi connectivity index (χ4v) is 3.27. The molecule has 1 heterocycles. The Balaban J connectivity index is 1.76. The molecule has 0 aromatic carbocycles. The summed E-state index contributed by atoms with van der Waals surface area (Å²) >= 11 is 0. The monoisotopic (exact) mass is 267 g/mol. The Labute approximate surface area is 117 Å². The van der Waals surface area contributed by atoms with Crippen molar-refractivity contribution in [3.8, 4) is 0 Å². The molecule has 4 nitrogen and oxygen atoms in total. The van der Waals surface area contributed by atoms with Crippen LogP contribution in [-0.2, 0) is 4.79 Å². The predicted molar refractivity (Wildman–Crippen MR) is 77.8 cm³/mol. The van der Waals surface area contributed by atoms with Gasteiger partial charge in [-0.1, -0.05) is 13.8 Å². The van der Waals surface area contributed by atoms with E-state index in [1.165, 1.54) is 32.4 Å². The minimum Gasteiger partial charge on any atom is -0.354 e. The van der Waals surface area contributed by atoms with Gasteiger partial charge in [-0.05, 0) is 51.1 Å². The summed E-state index contributed by atoms with van der Waals surface area (Å²) in [5.41, 5.74) is 5.92. The number of nitrogens with one attached hydrogen (secondary N) is 1. The quantitative estimate of drug-likeness (QED) is 0.766. The van der Waals surface area contributed by atoms with Crippen molar-refractivity contribution in [3.05, 3.63) is 0 Å². The molecule has 19 heavy (non-hydrogen) atoms. The van der Waals surface area contributed by atoms with Crippen LogP contribution in [0.4, 0.5) is 0 Å². The zero-order valence-electron chi connectivity index (χ0n) is 12.5. The standard InChI is InChI=1S/C15H29N3O/c1-12(2)13(18-8-3-4-9-18)11-17-14(19)10-15(16)6-5-7-15/h12-13H,3-11,16H2,1-2H3,(H,17,19). The molecule has 1 aliphatic carbocycles. The largest absolute Gasteiger partial charge is 0.354 e. The summed E-state index contributed by atoms with van der Waals surface area (Å²) < 4.78 is 0. The minimum atomic E-state index is -0.203. The summed E-state index contributed by atoms with van der Waals surface area (Å²) in [7, 11) is 0. The Kier molecular flexibility index (Phi) is 4.85. The van der Waals surface area contributed by atoms with E-state index in [0.717, 1.165) is 19.4 Å². The first kappa shape index (κ1) is 14.8. The smallest absolute Gasteiger partial charge is 0.221 e. The number of nitrogens with two attached hydrogens (primary N) is 1. The Morgan fingerprint density at radius 2 is 1.89 bits per heavy atom. The summed E-state index contributed by atoms with van der Waals surface area (Å²) in [4.78, 5) is 14.5. The van der Waals surface area contributed by atoms with E-state index < -0.39 is 0 Å². The first-order valence-electron chi connectivity index (χ1n) is 7.80. The van der Waals surface area contributed by atoms with E-state index in [1.54, 1.807) is 0 Å².